The lowest BCUT2D eigenvalue weighted by atomic mass is 10.2. The highest BCUT2D eigenvalue weighted by molar-refractivity contribution is 6.31. The number of halogens is 2. The first kappa shape index (κ1) is 14.4. The summed E-state index contributed by atoms with van der Waals surface area (Å²) in [6.45, 7) is 5.36. The van der Waals surface area contributed by atoms with Gasteiger partial charge in [0.15, 0.2) is 0 Å². The fourth-order valence-electron chi connectivity index (χ4n) is 1.73. The van der Waals surface area contributed by atoms with Crippen LogP contribution in [0.3, 0.4) is 0 Å². The van der Waals surface area contributed by atoms with Crippen LogP contribution in [0.25, 0.3) is 0 Å². The molecule has 0 aliphatic rings. The van der Waals surface area contributed by atoms with Gasteiger partial charge in [-0.15, -0.1) is 0 Å². The van der Waals surface area contributed by atoms with Crippen molar-refractivity contribution in [3.63, 3.8) is 0 Å². The molecule has 0 fully saturated rings. The Morgan fingerprint density at radius 3 is 2.71 bits per heavy atom. The van der Waals surface area contributed by atoms with Gasteiger partial charge in [0.05, 0.1) is 0 Å². The Morgan fingerprint density at radius 1 is 1.35 bits per heavy atom. The van der Waals surface area contributed by atoms with Gasteiger partial charge in [-0.3, -0.25) is 4.90 Å². The smallest absolute Gasteiger partial charge is 0.124 e. The molecule has 0 atom stereocenters. The van der Waals surface area contributed by atoms with E-state index in [1.54, 1.807) is 6.07 Å². The number of rotatable bonds is 7. The molecular formula is C13H20ClFN2. The molecule has 1 aromatic rings. The quantitative estimate of drug-likeness (QED) is 0.815. The first-order chi connectivity index (χ1) is 8.17. The monoisotopic (exact) mass is 258 g/mol. The zero-order valence-corrected chi connectivity index (χ0v) is 11.0. The molecule has 0 heterocycles. The predicted octanol–water partition coefficient (Wildman–Crippen LogP) is 3.04. The van der Waals surface area contributed by atoms with Crippen molar-refractivity contribution < 1.29 is 4.39 Å². The molecule has 0 aromatic heterocycles. The van der Waals surface area contributed by atoms with E-state index < -0.39 is 0 Å². The first-order valence-corrected chi connectivity index (χ1v) is 6.41. The molecule has 2 nitrogen and oxygen atoms in total. The standard InChI is InChI=1S/C13H20ClFN2/c1-2-3-7-17(8-6-16)10-11-4-5-12(15)9-13(11)14/h4-5,9H,2-3,6-8,10,16H2,1H3. The van der Waals surface area contributed by atoms with Crippen LogP contribution in [0.15, 0.2) is 18.2 Å². The van der Waals surface area contributed by atoms with Crippen molar-refractivity contribution in [1.82, 2.24) is 4.90 Å². The summed E-state index contributed by atoms with van der Waals surface area (Å²) in [6, 6.07) is 4.55. The minimum atomic E-state index is -0.294. The Bertz CT molecular complexity index is 344. The van der Waals surface area contributed by atoms with Crippen molar-refractivity contribution in [1.29, 1.82) is 0 Å². The van der Waals surface area contributed by atoms with Crippen LogP contribution in [0.4, 0.5) is 4.39 Å². The third-order valence-electron chi connectivity index (χ3n) is 2.68. The molecule has 0 saturated heterocycles. The molecule has 0 unspecified atom stereocenters. The van der Waals surface area contributed by atoms with Crippen LogP contribution in [0.2, 0.25) is 5.02 Å². The van der Waals surface area contributed by atoms with Crippen LogP contribution in [0.1, 0.15) is 25.3 Å². The molecule has 0 aliphatic carbocycles. The van der Waals surface area contributed by atoms with Crippen molar-refractivity contribution in [3.05, 3.63) is 34.6 Å². The Morgan fingerprint density at radius 2 is 2.12 bits per heavy atom. The zero-order valence-electron chi connectivity index (χ0n) is 10.3. The van der Waals surface area contributed by atoms with Crippen LogP contribution in [0.5, 0.6) is 0 Å². The highest BCUT2D eigenvalue weighted by Crippen LogP contribution is 2.19. The van der Waals surface area contributed by atoms with E-state index in [1.807, 2.05) is 0 Å². The fourth-order valence-corrected chi connectivity index (χ4v) is 1.95. The summed E-state index contributed by atoms with van der Waals surface area (Å²) in [5, 5.41) is 0.489. The van der Waals surface area contributed by atoms with Gasteiger partial charge >= 0.3 is 0 Å². The molecule has 0 saturated carbocycles. The van der Waals surface area contributed by atoms with Gasteiger partial charge < -0.3 is 5.73 Å². The number of nitrogens with zero attached hydrogens (tertiary/aromatic N) is 1. The van der Waals surface area contributed by atoms with Gasteiger partial charge in [0.1, 0.15) is 5.82 Å². The SMILES string of the molecule is CCCCN(CCN)Cc1ccc(F)cc1Cl. The van der Waals surface area contributed by atoms with E-state index in [1.165, 1.54) is 12.1 Å². The molecule has 0 bridgehead atoms. The second kappa shape index (κ2) is 7.64. The number of hydrogen-bond donors (Lipinski definition) is 1. The predicted molar refractivity (Wildman–Crippen MR) is 70.6 cm³/mol. The molecule has 0 spiro atoms. The van der Waals surface area contributed by atoms with Gasteiger partial charge in [-0.2, -0.15) is 0 Å². The minimum absolute atomic E-state index is 0.294. The number of unbranched alkanes of at least 4 members (excludes halogenated alkanes) is 1. The van der Waals surface area contributed by atoms with E-state index in [0.29, 0.717) is 11.6 Å². The lowest BCUT2D eigenvalue weighted by Gasteiger charge is -2.21. The third-order valence-corrected chi connectivity index (χ3v) is 3.03. The van der Waals surface area contributed by atoms with Crippen molar-refractivity contribution in [3.8, 4) is 0 Å². The maximum Gasteiger partial charge on any atom is 0.124 e. The lowest BCUT2D eigenvalue weighted by molar-refractivity contribution is 0.268. The summed E-state index contributed by atoms with van der Waals surface area (Å²) >= 11 is 6.01. The molecule has 4 heteroatoms. The van der Waals surface area contributed by atoms with Crippen molar-refractivity contribution in [2.45, 2.75) is 26.3 Å². The average molecular weight is 259 g/mol. The maximum absolute atomic E-state index is 12.9. The van der Waals surface area contributed by atoms with Crippen LogP contribution in [0, 0.1) is 5.82 Å². The van der Waals surface area contributed by atoms with E-state index in [0.717, 1.165) is 38.0 Å². The normalized spacial score (nSPS) is 11.1. The molecule has 2 N–H and O–H groups in total. The van der Waals surface area contributed by atoms with Gasteiger partial charge in [-0.1, -0.05) is 31.0 Å². The average Bonchev–Trinajstić information content (AvgIpc) is 2.29. The molecule has 1 rings (SSSR count). The van der Waals surface area contributed by atoms with E-state index in [-0.39, 0.29) is 5.82 Å². The van der Waals surface area contributed by atoms with Crippen molar-refractivity contribution in [2.75, 3.05) is 19.6 Å². The summed E-state index contributed by atoms with van der Waals surface area (Å²) < 4.78 is 12.9. The summed E-state index contributed by atoms with van der Waals surface area (Å²) in [7, 11) is 0. The van der Waals surface area contributed by atoms with E-state index in [4.69, 9.17) is 17.3 Å². The molecule has 17 heavy (non-hydrogen) atoms. The molecule has 96 valence electrons. The summed E-state index contributed by atoms with van der Waals surface area (Å²) in [5.74, 6) is -0.294. The summed E-state index contributed by atoms with van der Waals surface area (Å²) in [4.78, 5) is 2.25. The molecular weight excluding hydrogens is 239 g/mol. The Balaban J connectivity index is 2.64. The molecule has 0 amide bonds. The lowest BCUT2D eigenvalue weighted by Crippen LogP contribution is -2.30. The van der Waals surface area contributed by atoms with Crippen LogP contribution in [-0.2, 0) is 6.54 Å². The fraction of sp³-hybridized carbons (Fsp3) is 0.538. The second-order valence-electron chi connectivity index (χ2n) is 4.15. The van der Waals surface area contributed by atoms with Gasteiger partial charge in [-0.25, -0.2) is 4.39 Å². The highest BCUT2D eigenvalue weighted by Gasteiger charge is 2.08. The second-order valence-corrected chi connectivity index (χ2v) is 4.56. The molecule has 1 aromatic carbocycles. The first-order valence-electron chi connectivity index (χ1n) is 6.03. The highest BCUT2D eigenvalue weighted by atomic mass is 35.5. The topological polar surface area (TPSA) is 29.3 Å². The van der Waals surface area contributed by atoms with E-state index in [2.05, 4.69) is 11.8 Å². The third kappa shape index (κ3) is 5.02. The molecule has 0 radical (unpaired) electrons. The zero-order chi connectivity index (χ0) is 12.7. The maximum atomic E-state index is 12.9. The van der Waals surface area contributed by atoms with Gasteiger partial charge in [-0.05, 0) is 30.7 Å². The van der Waals surface area contributed by atoms with Gasteiger partial charge in [0.2, 0.25) is 0 Å². The Hall–Kier alpha value is -0.640. The Labute approximate surface area is 108 Å². The van der Waals surface area contributed by atoms with Gasteiger partial charge in [0.25, 0.3) is 0 Å². The van der Waals surface area contributed by atoms with Gasteiger partial charge in [0, 0.05) is 24.7 Å². The van der Waals surface area contributed by atoms with Crippen molar-refractivity contribution in [2.24, 2.45) is 5.73 Å². The minimum Gasteiger partial charge on any atom is -0.329 e. The van der Waals surface area contributed by atoms with Crippen molar-refractivity contribution >= 4 is 11.6 Å². The summed E-state index contributed by atoms with van der Waals surface area (Å²) in [6.07, 6.45) is 2.29. The largest absolute Gasteiger partial charge is 0.329 e. The van der Waals surface area contributed by atoms with Crippen LogP contribution < -0.4 is 5.73 Å². The number of hydrogen-bond acceptors (Lipinski definition) is 2. The number of benzene rings is 1. The molecule has 0 aliphatic heterocycles. The Kier molecular flexibility index (Phi) is 6.48. The van der Waals surface area contributed by atoms with Crippen LogP contribution >= 0.6 is 11.6 Å². The van der Waals surface area contributed by atoms with E-state index >= 15 is 0 Å². The number of nitrogens with two attached hydrogens (primary N) is 1. The van der Waals surface area contributed by atoms with Crippen LogP contribution in [-0.4, -0.2) is 24.5 Å². The van der Waals surface area contributed by atoms with E-state index in [9.17, 15) is 4.39 Å². The summed E-state index contributed by atoms with van der Waals surface area (Å²) in [5.41, 5.74) is 6.54.